The summed E-state index contributed by atoms with van der Waals surface area (Å²) in [7, 11) is 2.79. The lowest BCUT2D eigenvalue weighted by atomic mass is 10.0. The van der Waals surface area contributed by atoms with E-state index < -0.39 is 22.6 Å². The van der Waals surface area contributed by atoms with E-state index in [1.807, 2.05) is 13.8 Å². The molecule has 10 heteroatoms. The largest absolute Gasteiger partial charge is 0.494 e. The summed E-state index contributed by atoms with van der Waals surface area (Å²) in [6.45, 7) is 3.89. The van der Waals surface area contributed by atoms with Gasteiger partial charge in [0.15, 0.2) is 11.2 Å². The van der Waals surface area contributed by atoms with Gasteiger partial charge in [-0.15, -0.1) is 0 Å². The Labute approximate surface area is 175 Å². The first kappa shape index (κ1) is 20.6. The zero-order valence-electron chi connectivity index (χ0n) is 17.6. The fraction of sp³-hybridized carbons (Fsp3) is 0.333. The molecule has 9 nitrogen and oxygen atoms in total. The van der Waals surface area contributed by atoms with Crippen molar-refractivity contribution in [1.82, 2.24) is 23.1 Å². The second kappa shape index (κ2) is 7.22. The number of aromatic nitrogens is 5. The topological polar surface area (TPSA) is 104 Å². The predicted octanol–water partition coefficient (Wildman–Crippen LogP) is 1.14. The van der Waals surface area contributed by atoms with Crippen molar-refractivity contribution in [3.63, 3.8) is 0 Å². The number of aryl methyl sites for hydroxylation is 1. The van der Waals surface area contributed by atoms with Gasteiger partial charge in [-0.3, -0.25) is 23.3 Å². The van der Waals surface area contributed by atoms with E-state index in [9.17, 15) is 23.9 Å². The van der Waals surface area contributed by atoms with Gasteiger partial charge in [-0.2, -0.15) is 4.98 Å². The zero-order valence-corrected chi connectivity index (χ0v) is 17.6. The number of nitrogens with zero attached hydrogens (tertiary/aromatic N) is 5. The molecule has 0 aliphatic rings. The number of imidazole rings is 1. The molecule has 0 aliphatic carbocycles. The van der Waals surface area contributed by atoms with E-state index in [2.05, 4.69) is 4.98 Å². The van der Waals surface area contributed by atoms with Crippen LogP contribution in [0.1, 0.15) is 25.0 Å². The van der Waals surface area contributed by atoms with Gasteiger partial charge in [0, 0.05) is 14.1 Å². The van der Waals surface area contributed by atoms with Crippen LogP contribution in [0.2, 0.25) is 0 Å². The summed E-state index contributed by atoms with van der Waals surface area (Å²) in [5.41, 5.74) is -0.995. The van der Waals surface area contributed by atoms with Crippen molar-refractivity contribution in [3.8, 4) is 5.88 Å². The Hall–Kier alpha value is -3.69. The van der Waals surface area contributed by atoms with Crippen LogP contribution in [0, 0.1) is 11.7 Å². The Balaban J connectivity index is 2.17. The van der Waals surface area contributed by atoms with Gasteiger partial charge in [0.1, 0.15) is 5.82 Å². The first-order valence-electron chi connectivity index (χ1n) is 9.79. The highest BCUT2D eigenvalue weighted by molar-refractivity contribution is 5.75. The van der Waals surface area contributed by atoms with Crippen LogP contribution in [0.3, 0.4) is 0 Å². The monoisotopic (exact) mass is 427 g/mol. The molecule has 1 aromatic carbocycles. The molecular formula is C21H22FN5O4. The lowest BCUT2D eigenvalue weighted by Crippen LogP contribution is -2.38. The van der Waals surface area contributed by atoms with E-state index in [0.29, 0.717) is 5.56 Å². The molecule has 4 aromatic rings. The highest BCUT2D eigenvalue weighted by Gasteiger charge is 2.24. The van der Waals surface area contributed by atoms with Crippen LogP contribution in [0.15, 0.2) is 38.6 Å². The van der Waals surface area contributed by atoms with Crippen LogP contribution in [-0.4, -0.2) is 28.2 Å². The van der Waals surface area contributed by atoms with Crippen molar-refractivity contribution in [2.75, 3.05) is 0 Å². The van der Waals surface area contributed by atoms with Crippen LogP contribution < -0.4 is 16.8 Å². The number of fused-ring (bicyclic) bond motifs is 3. The van der Waals surface area contributed by atoms with E-state index in [-0.39, 0.29) is 47.3 Å². The third kappa shape index (κ3) is 3.15. The van der Waals surface area contributed by atoms with Crippen LogP contribution in [0.5, 0.6) is 5.88 Å². The summed E-state index contributed by atoms with van der Waals surface area (Å²) in [6, 6.07) is 5.71. The van der Waals surface area contributed by atoms with Crippen molar-refractivity contribution < 1.29 is 9.50 Å². The summed E-state index contributed by atoms with van der Waals surface area (Å²) in [5.74, 6) is -0.596. The van der Waals surface area contributed by atoms with Gasteiger partial charge in [-0.05, 0) is 30.0 Å². The van der Waals surface area contributed by atoms with Crippen LogP contribution >= 0.6 is 0 Å². The quantitative estimate of drug-likeness (QED) is 0.526. The summed E-state index contributed by atoms with van der Waals surface area (Å²) in [5, 5.41) is 11.0. The average Bonchev–Trinajstić information content (AvgIpc) is 3.13. The molecule has 0 radical (unpaired) electrons. The Morgan fingerprint density at radius 2 is 1.68 bits per heavy atom. The highest BCUT2D eigenvalue weighted by Crippen LogP contribution is 2.23. The number of benzene rings is 1. The minimum Gasteiger partial charge on any atom is -0.494 e. The summed E-state index contributed by atoms with van der Waals surface area (Å²) in [6.07, 6.45) is 0.274. The number of aromatic hydroxyl groups is 1. The van der Waals surface area contributed by atoms with Gasteiger partial charge in [-0.25, -0.2) is 13.6 Å². The van der Waals surface area contributed by atoms with Gasteiger partial charge < -0.3 is 5.11 Å². The third-order valence-electron chi connectivity index (χ3n) is 5.33. The maximum absolute atomic E-state index is 13.3. The highest BCUT2D eigenvalue weighted by atomic mass is 19.1. The molecule has 0 spiro atoms. The van der Waals surface area contributed by atoms with E-state index in [4.69, 9.17) is 0 Å². The lowest BCUT2D eigenvalue weighted by molar-refractivity contribution is 0.407. The van der Waals surface area contributed by atoms with Gasteiger partial charge >= 0.3 is 5.69 Å². The molecule has 1 N–H and O–H groups in total. The number of rotatable bonds is 4. The van der Waals surface area contributed by atoms with Gasteiger partial charge in [0.25, 0.3) is 11.1 Å². The fourth-order valence-corrected chi connectivity index (χ4v) is 3.75. The van der Waals surface area contributed by atoms with Crippen molar-refractivity contribution in [1.29, 1.82) is 0 Å². The Kier molecular flexibility index (Phi) is 4.79. The van der Waals surface area contributed by atoms with Gasteiger partial charge in [0.2, 0.25) is 11.7 Å². The third-order valence-corrected chi connectivity index (χ3v) is 5.33. The Morgan fingerprint density at radius 1 is 1.03 bits per heavy atom. The Bertz CT molecular complexity index is 1510. The van der Waals surface area contributed by atoms with Crippen molar-refractivity contribution >= 4 is 16.9 Å². The van der Waals surface area contributed by atoms with Gasteiger partial charge in [0.05, 0.1) is 12.1 Å². The molecular weight excluding hydrogens is 405 g/mol. The molecule has 3 aromatic heterocycles. The minimum atomic E-state index is -0.655. The van der Waals surface area contributed by atoms with E-state index in [1.165, 1.54) is 35.4 Å². The smallest absolute Gasteiger partial charge is 0.332 e. The van der Waals surface area contributed by atoms with E-state index in [0.717, 1.165) is 8.97 Å². The standard InChI is InChI=1S/C21H22FN5O4/c1-11(2)9-14-17(28)26(10-12-5-7-13(22)8-6-12)20-23-16-15(27(20)18(14)29)19(30)25(4)21(31)24(16)3/h5-8,11,28H,9-10H2,1-4H3. The lowest BCUT2D eigenvalue weighted by Gasteiger charge is -2.15. The fourth-order valence-electron chi connectivity index (χ4n) is 3.75. The zero-order chi connectivity index (χ0) is 22.6. The van der Waals surface area contributed by atoms with Crippen LogP contribution in [0.25, 0.3) is 16.9 Å². The normalized spacial score (nSPS) is 11.8. The molecule has 31 heavy (non-hydrogen) atoms. The average molecular weight is 427 g/mol. The predicted molar refractivity (Wildman–Crippen MR) is 113 cm³/mol. The van der Waals surface area contributed by atoms with Crippen molar-refractivity contribution in [2.45, 2.75) is 26.8 Å². The summed E-state index contributed by atoms with van der Waals surface area (Å²) < 4.78 is 18.0. The molecule has 4 rings (SSSR count). The molecule has 3 heterocycles. The summed E-state index contributed by atoms with van der Waals surface area (Å²) >= 11 is 0. The van der Waals surface area contributed by atoms with Gasteiger partial charge in [-0.1, -0.05) is 26.0 Å². The number of hydrogen-bond donors (Lipinski definition) is 1. The number of hydrogen-bond acceptors (Lipinski definition) is 5. The van der Waals surface area contributed by atoms with Crippen LogP contribution in [-0.2, 0) is 27.1 Å². The van der Waals surface area contributed by atoms with E-state index in [1.54, 1.807) is 12.1 Å². The van der Waals surface area contributed by atoms with E-state index >= 15 is 0 Å². The first-order chi connectivity index (χ1) is 14.6. The summed E-state index contributed by atoms with van der Waals surface area (Å²) in [4.78, 5) is 43.0. The number of halogens is 1. The maximum atomic E-state index is 13.3. The Morgan fingerprint density at radius 3 is 2.29 bits per heavy atom. The molecule has 0 saturated carbocycles. The first-order valence-corrected chi connectivity index (χ1v) is 9.79. The molecule has 0 unspecified atom stereocenters. The van der Waals surface area contributed by atoms with Crippen molar-refractivity contribution in [3.05, 3.63) is 72.4 Å². The second-order valence-corrected chi connectivity index (χ2v) is 8.04. The molecule has 0 bridgehead atoms. The molecule has 0 atom stereocenters. The van der Waals surface area contributed by atoms with Crippen molar-refractivity contribution in [2.24, 2.45) is 20.0 Å². The minimum absolute atomic E-state index is 0.0210. The molecule has 0 saturated heterocycles. The molecule has 162 valence electrons. The molecule has 0 fully saturated rings. The molecule has 0 amide bonds. The van der Waals surface area contributed by atoms with Crippen LogP contribution in [0.4, 0.5) is 4.39 Å². The maximum Gasteiger partial charge on any atom is 0.332 e. The molecule has 0 aliphatic heterocycles. The second-order valence-electron chi connectivity index (χ2n) is 8.04. The SMILES string of the molecule is CC(C)Cc1c(O)n(Cc2ccc(F)cc2)c2nc3c(c(=O)n(C)c(=O)n3C)n2c1=O.